The maximum absolute atomic E-state index is 12.7. The summed E-state index contributed by atoms with van der Waals surface area (Å²) in [5, 5.41) is 25.1. The lowest BCUT2D eigenvalue weighted by Crippen LogP contribution is -2.59. The number of carboxylic acid groups (broad SMARTS) is 2. The molecule has 0 aliphatic heterocycles. The molecule has 0 heterocycles. The van der Waals surface area contributed by atoms with E-state index in [-0.39, 0.29) is 24.7 Å². The van der Waals surface area contributed by atoms with E-state index in [0.29, 0.717) is 6.42 Å². The Morgan fingerprint density at radius 1 is 0.939 bits per heavy atom. The first-order chi connectivity index (χ1) is 15.3. The second kappa shape index (κ2) is 14.9. The molecule has 0 aliphatic rings. The van der Waals surface area contributed by atoms with Crippen LogP contribution in [0.1, 0.15) is 33.1 Å². The quantitative estimate of drug-likeness (QED) is 0.0484. The summed E-state index contributed by atoms with van der Waals surface area (Å²) in [5.74, 6) is -5.96. The molecule has 3 amide bonds. The van der Waals surface area contributed by atoms with Crippen LogP contribution in [0.4, 0.5) is 0 Å². The molecule has 0 spiro atoms. The SMILES string of the molecule is CC(C)C(NC(=O)C(CC(=O)O)NC(=O)C(N)CCCN=C(N)N)C(=O)NC(CS)C(=O)O. The monoisotopic (exact) mass is 491 g/mol. The maximum Gasteiger partial charge on any atom is 0.327 e. The number of hydrogen-bond donors (Lipinski definition) is 9. The standard InChI is InChI=1S/C18H33N7O7S/c1-8(2)13(16(30)24-11(7-33)17(31)32)25-15(29)10(6-12(26)27)23-14(28)9(19)4-3-5-22-18(20)21/h8-11,13,33H,3-7,19H2,1-2H3,(H,23,28)(H,24,30)(H,25,29)(H,26,27)(H,31,32)(H4,20,21,22). The highest BCUT2D eigenvalue weighted by Crippen LogP contribution is 2.06. The van der Waals surface area contributed by atoms with Gasteiger partial charge in [-0.2, -0.15) is 12.6 Å². The zero-order chi connectivity index (χ0) is 25.7. The van der Waals surface area contributed by atoms with Gasteiger partial charge in [-0.1, -0.05) is 13.8 Å². The third-order valence-electron chi connectivity index (χ3n) is 4.36. The second-order valence-electron chi connectivity index (χ2n) is 7.53. The Balaban J connectivity index is 5.25. The number of nitrogens with two attached hydrogens (primary N) is 3. The van der Waals surface area contributed by atoms with Crippen LogP contribution in [0.2, 0.25) is 0 Å². The van der Waals surface area contributed by atoms with Crippen LogP contribution in [-0.4, -0.2) is 82.3 Å². The topological polar surface area (TPSA) is 252 Å². The lowest BCUT2D eigenvalue weighted by Gasteiger charge is -2.26. The molecule has 0 aromatic rings. The number of guanidine groups is 1. The highest BCUT2D eigenvalue weighted by molar-refractivity contribution is 7.80. The van der Waals surface area contributed by atoms with Gasteiger partial charge in [0.05, 0.1) is 12.5 Å². The molecular formula is C18H33N7O7S. The molecule has 0 radical (unpaired) electrons. The molecule has 0 saturated heterocycles. The van der Waals surface area contributed by atoms with E-state index in [9.17, 15) is 24.0 Å². The molecule has 0 rings (SSSR count). The number of aliphatic imine (C=N–C) groups is 1. The minimum absolute atomic E-state index is 0.112. The lowest BCUT2D eigenvalue weighted by molar-refractivity contribution is -0.143. The van der Waals surface area contributed by atoms with Crippen LogP contribution in [0, 0.1) is 5.92 Å². The summed E-state index contributed by atoms with van der Waals surface area (Å²) in [6, 6.07) is -5.06. The number of rotatable bonds is 15. The van der Waals surface area contributed by atoms with Gasteiger partial charge in [-0.15, -0.1) is 0 Å². The van der Waals surface area contributed by atoms with Crippen LogP contribution in [0.25, 0.3) is 0 Å². The highest BCUT2D eigenvalue weighted by atomic mass is 32.1. The number of hydrogen-bond acceptors (Lipinski definition) is 8. The number of nitrogens with zero attached hydrogens (tertiary/aromatic N) is 1. The van der Waals surface area contributed by atoms with Gasteiger partial charge in [-0.3, -0.25) is 24.2 Å². The Bertz CT molecular complexity index is 744. The summed E-state index contributed by atoms with van der Waals surface area (Å²) in [6.45, 7) is 3.42. The molecule has 15 heteroatoms. The number of carbonyl (C=O) groups is 5. The van der Waals surface area contributed by atoms with Crippen LogP contribution in [-0.2, 0) is 24.0 Å². The number of nitrogens with one attached hydrogen (secondary N) is 3. The number of aliphatic carboxylic acids is 2. The van der Waals surface area contributed by atoms with Gasteiger partial charge in [0.1, 0.15) is 18.1 Å². The number of carbonyl (C=O) groups excluding carboxylic acids is 3. The average Bonchev–Trinajstić information content (AvgIpc) is 2.71. The fraction of sp³-hybridized carbons (Fsp3) is 0.667. The molecule has 0 fully saturated rings. The zero-order valence-corrected chi connectivity index (χ0v) is 19.4. The fourth-order valence-corrected chi connectivity index (χ4v) is 2.80. The molecular weight excluding hydrogens is 458 g/mol. The molecule has 33 heavy (non-hydrogen) atoms. The fourth-order valence-electron chi connectivity index (χ4n) is 2.55. The van der Waals surface area contributed by atoms with Crippen molar-refractivity contribution in [3.05, 3.63) is 0 Å². The van der Waals surface area contributed by atoms with Gasteiger partial charge < -0.3 is 43.4 Å². The summed E-state index contributed by atoms with van der Waals surface area (Å²) in [7, 11) is 0. The van der Waals surface area contributed by atoms with Crippen molar-refractivity contribution in [1.82, 2.24) is 16.0 Å². The number of thiol groups is 1. The molecule has 0 aromatic heterocycles. The van der Waals surface area contributed by atoms with Crippen molar-refractivity contribution in [2.24, 2.45) is 28.1 Å². The van der Waals surface area contributed by atoms with Crippen LogP contribution >= 0.6 is 12.6 Å². The molecule has 0 saturated carbocycles. The number of carboxylic acids is 2. The molecule has 11 N–H and O–H groups in total. The van der Waals surface area contributed by atoms with Crippen molar-refractivity contribution in [3.63, 3.8) is 0 Å². The molecule has 14 nitrogen and oxygen atoms in total. The minimum atomic E-state index is -1.52. The summed E-state index contributed by atoms with van der Waals surface area (Å²) < 4.78 is 0. The summed E-state index contributed by atoms with van der Waals surface area (Å²) in [5.41, 5.74) is 16.2. The predicted octanol–water partition coefficient (Wildman–Crippen LogP) is -3.03. The van der Waals surface area contributed by atoms with E-state index in [2.05, 4.69) is 33.6 Å². The van der Waals surface area contributed by atoms with E-state index < -0.39 is 66.2 Å². The molecule has 0 aliphatic carbocycles. The third kappa shape index (κ3) is 11.9. The minimum Gasteiger partial charge on any atom is -0.481 e. The van der Waals surface area contributed by atoms with Crippen LogP contribution in [0.15, 0.2) is 4.99 Å². The molecule has 4 atom stereocenters. The Kier molecular flexibility index (Phi) is 13.5. The molecule has 0 aromatic carbocycles. The highest BCUT2D eigenvalue weighted by Gasteiger charge is 2.32. The zero-order valence-electron chi connectivity index (χ0n) is 18.5. The van der Waals surface area contributed by atoms with Gasteiger partial charge in [0.2, 0.25) is 17.7 Å². The van der Waals surface area contributed by atoms with Crippen molar-refractivity contribution in [3.8, 4) is 0 Å². The van der Waals surface area contributed by atoms with E-state index in [1.54, 1.807) is 13.8 Å². The van der Waals surface area contributed by atoms with E-state index >= 15 is 0 Å². The smallest absolute Gasteiger partial charge is 0.327 e. The summed E-state index contributed by atoms with van der Waals surface area (Å²) >= 11 is 3.86. The third-order valence-corrected chi connectivity index (χ3v) is 4.73. The van der Waals surface area contributed by atoms with E-state index in [4.69, 9.17) is 27.4 Å². The van der Waals surface area contributed by atoms with Crippen molar-refractivity contribution < 1.29 is 34.2 Å². The largest absolute Gasteiger partial charge is 0.481 e. The first-order valence-corrected chi connectivity index (χ1v) is 10.7. The Hall–Kier alpha value is -3.07. The van der Waals surface area contributed by atoms with Gasteiger partial charge in [0.25, 0.3) is 0 Å². The average molecular weight is 492 g/mol. The van der Waals surface area contributed by atoms with Gasteiger partial charge in [-0.25, -0.2) is 4.79 Å². The maximum atomic E-state index is 12.7. The van der Waals surface area contributed by atoms with Gasteiger partial charge in [0.15, 0.2) is 5.96 Å². The normalized spacial score (nSPS) is 14.3. The second-order valence-corrected chi connectivity index (χ2v) is 7.89. The first-order valence-electron chi connectivity index (χ1n) is 10.1. The first kappa shape index (κ1) is 29.9. The predicted molar refractivity (Wildman–Crippen MR) is 122 cm³/mol. The summed E-state index contributed by atoms with van der Waals surface area (Å²) in [6.07, 6.45) is -0.228. The summed E-state index contributed by atoms with van der Waals surface area (Å²) in [4.78, 5) is 63.6. The molecule has 188 valence electrons. The van der Waals surface area contributed by atoms with Crippen molar-refractivity contribution in [2.45, 2.75) is 57.3 Å². The van der Waals surface area contributed by atoms with E-state index in [1.807, 2.05) is 0 Å². The van der Waals surface area contributed by atoms with Gasteiger partial charge >= 0.3 is 11.9 Å². The Morgan fingerprint density at radius 3 is 1.97 bits per heavy atom. The molecule has 0 bridgehead atoms. The molecule has 4 unspecified atom stereocenters. The van der Waals surface area contributed by atoms with Gasteiger partial charge in [0, 0.05) is 12.3 Å². The van der Waals surface area contributed by atoms with E-state index in [1.165, 1.54) is 0 Å². The number of amides is 3. The van der Waals surface area contributed by atoms with Crippen LogP contribution < -0.4 is 33.2 Å². The van der Waals surface area contributed by atoms with Crippen LogP contribution in [0.3, 0.4) is 0 Å². The van der Waals surface area contributed by atoms with Gasteiger partial charge in [-0.05, 0) is 18.8 Å². The van der Waals surface area contributed by atoms with Crippen molar-refractivity contribution in [2.75, 3.05) is 12.3 Å². The Morgan fingerprint density at radius 2 is 1.52 bits per heavy atom. The van der Waals surface area contributed by atoms with Crippen molar-refractivity contribution >= 4 is 48.2 Å². The lowest BCUT2D eigenvalue weighted by atomic mass is 10.0. The van der Waals surface area contributed by atoms with Crippen LogP contribution in [0.5, 0.6) is 0 Å². The van der Waals surface area contributed by atoms with Crippen molar-refractivity contribution in [1.29, 1.82) is 0 Å². The van der Waals surface area contributed by atoms with E-state index in [0.717, 1.165) is 0 Å². The Labute approximate surface area is 196 Å².